The van der Waals surface area contributed by atoms with E-state index >= 15 is 0 Å². The van der Waals surface area contributed by atoms with Crippen LogP contribution in [-0.4, -0.2) is 12.8 Å². The maximum atomic E-state index is 3.36. The standard InChI is InChI=1S/C9H7.C7H8P.2FH.Ti/c1-2-5-9-7-3-6-8(9)4-1;1-8-5-6-3-2-4-7(6)8;;;/h1-7H;3H,2,5H2,1H3;2*1H;/q2*-1;;;+4/p-2. The maximum Gasteiger partial charge on any atom is 4.00 e. The van der Waals surface area contributed by atoms with Crippen LogP contribution in [0.4, 0.5) is 0 Å². The molecular formula is C16H15F2PTi. The maximum absolute atomic E-state index is 3.36. The second kappa shape index (κ2) is 8.57. The van der Waals surface area contributed by atoms with Gasteiger partial charge >= 0.3 is 21.7 Å². The summed E-state index contributed by atoms with van der Waals surface area (Å²) in [5, 5.41) is 4.23. The van der Waals surface area contributed by atoms with Crippen molar-refractivity contribution in [1.82, 2.24) is 0 Å². The van der Waals surface area contributed by atoms with Gasteiger partial charge in [-0.3, -0.25) is 6.08 Å². The van der Waals surface area contributed by atoms with Crippen molar-refractivity contribution in [3.05, 3.63) is 65.5 Å². The van der Waals surface area contributed by atoms with Gasteiger partial charge in [0.2, 0.25) is 0 Å². The Morgan fingerprint density at radius 3 is 2.50 bits per heavy atom. The smallest absolute Gasteiger partial charge is 1.00 e. The minimum absolute atomic E-state index is 0. The van der Waals surface area contributed by atoms with Crippen LogP contribution < -0.4 is 9.41 Å². The van der Waals surface area contributed by atoms with Gasteiger partial charge in [-0.25, -0.2) is 0 Å². The van der Waals surface area contributed by atoms with Gasteiger partial charge in [0.05, 0.1) is 0 Å². The average Bonchev–Trinajstić information content (AvgIpc) is 2.94. The minimum Gasteiger partial charge on any atom is -1.00 e. The van der Waals surface area contributed by atoms with E-state index in [0.717, 1.165) is 6.42 Å². The van der Waals surface area contributed by atoms with Gasteiger partial charge in [0.1, 0.15) is 0 Å². The molecule has 1 atom stereocenters. The fourth-order valence-electron chi connectivity index (χ4n) is 2.31. The summed E-state index contributed by atoms with van der Waals surface area (Å²) in [6, 6.07) is 14.7. The molecule has 1 unspecified atom stereocenters. The van der Waals surface area contributed by atoms with Crippen LogP contribution in [0.5, 0.6) is 0 Å². The molecule has 4 heteroatoms. The third kappa shape index (κ3) is 3.91. The molecule has 0 aromatic heterocycles. The first-order valence-electron chi connectivity index (χ1n) is 5.96. The Morgan fingerprint density at radius 2 is 1.90 bits per heavy atom. The largest absolute Gasteiger partial charge is 4.00 e. The molecule has 20 heavy (non-hydrogen) atoms. The third-order valence-corrected chi connectivity index (χ3v) is 5.28. The Labute approximate surface area is 134 Å². The first-order valence-corrected chi connectivity index (χ1v) is 7.94. The Hall–Kier alpha value is -0.686. The van der Waals surface area contributed by atoms with Crippen LogP contribution >= 0.6 is 7.92 Å². The molecule has 102 valence electrons. The van der Waals surface area contributed by atoms with Crippen LogP contribution in [0.1, 0.15) is 6.42 Å². The molecular weight excluding hydrogens is 309 g/mol. The summed E-state index contributed by atoms with van der Waals surface area (Å²) in [4.78, 5) is 0. The van der Waals surface area contributed by atoms with Crippen molar-refractivity contribution in [3.63, 3.8) is 0 Å². The zero-order chi connectivity index (χ0) is 11.7. The summed E-state index contributed by atoms with van der Waals surface area (Å²) in [7, 11) is 0.279. The molecule has 0 radical (unpaired) electrons. The SMILES string of the molecule is CP1CC2=CC[C-]=C21.[F-].[F-].[Ti+4].c1ccc2[cH-]ccc2c1. The van der Waals surface area contributed by atoms with E-state index in [9.17, 15) is 0 Å². The average molecular weight is 324 g/mol. The molecule has 1 aliphatic heterocycles. The van der Waals surface area contributed by atoms with E-state index in [1.807, 2.05) is 0 Å². The fraction of sp³-hybridized carbons (Fsp3) is 0.188. The number of hydrogen-bond acceptors (Lipinski definition) is 0. The number of allylic oxidation sites excluding steroid dienone is 4. The van der Waals surface area contributed by atoms with E-state index in [0.29, 0.717) is 0 Å². The summed E-state index contributed by atoms with van der Waals surface area (Å²) >= 11 is 0. The Balaban J connectivity index is 0.000000315. The number of rotatable bonds is 0. The molecule has 0 bridgehead atoms. The number of benzene rings is 1. The number of fused-ring (bicyclic) bond motifs is 2. The van der Waals surface area contributed by atoms with Crippen molar-refractivity contribution in [2.75, 3.05) is 12.8 Å². The van der Waals surface area contributed by atoms with Crippen LogP contribution in [0, 0.1) is 6.08 Å². The summed E-state index contributed by atoms with van der Waals surface area (Å²) in [6.07, 6.45) is 8.13. The third-order valence-electron chi connectivity index (χ3n) is 3.26. The zero-order valence-corrected chi connectivity index (χ0v) is 13.7. The quantitative estimate of drug-likeness (QED) is 0.321. The van der Waals surface area contributed by atoms with E-state index in [-0.39, 0.29) is 39.0 Å². The zero-order valence-electron chi connectivity index (χ0n) is 11.2. The summed E-state index contributed by atoms with van der Waals surface area (Å²) in [6.45, 7) is 2.33. The van der Waals surface area contributed by atoms with Crippen molar-refractivity contribution in [2.45, 2.75) is 6.42 Å². The first kappa shape index (κ1) is 19.3. The molecule has 0 N–H and O–H groups in total. The minimum atomic E-state index is 0. The van der Waals surface area contributed by atoms with Gasteiger partial charge in [0, 0.05) is 0 Å². The molecule has 1 fully saturated rings. The van der Waals surface area contributed by atoms with Gasteiger partial charge < -0.3 is 9.41 Å². The Morgan fingerprint density at radius 1 is 1.15 bits per heavy atom. The normalized spacial score (nSPS) is 17.8. The molecule has 1 saturated heterocycles. The summed E-state index contributed by atoms with van der Waals surface area (Å²) in [5.41, 5.74) is 1.60. The van der Waals surface area contributed by atoms with Crippen LogP contribution in [-0.2, 0) is 21.7 Å². The van der Waals surface area contributed by atoms with Crippen LogP contribution in [0.2, 0.25) is 0 Å². The van der Waals surface area contributed by atoms with E-state index in [2.05, 4.69) is 61.3 Å². The Bertz CT molecular complexity index is 571. The van der Waals surface area contributed by atoms with Gasteiger partial charge in [0.15, 0.2) is 0 Å². The van der Waals surface area contributed by atoms with Gasteiger partial charge in [-0.15, -0.1) is 44.0 Å². The fourth-order valence-corrected chi connectivity index (χ4v) is 4.02. The van der Waals surface area contributed by atoms with Crippen LogP contribution in [0.25, 0.3) is 10.8 Å². The van der Waals surface area contributed by atoms with Gasteiger partial charge in [0.25, 0.3) is 0 Å². The molecule has 2 aliphatic rings. The predicted octanol–water partition coefficient (Wildman–Crippen LogP) is -1.31. The predicted molar refractivity (Wildman–Crippen MR) is 76.7 cm³/mol. The van der Waals surface area contributed by atoms with Gasteiger partial charge in [-0.05, 0) is 6.66 Å². The number of hydrogen-bond donors (Lipinski definition) is 0. The molecule has 4 rings (SSSR count). The van der Waals surface area contributed by atoms with Crippen molar-refractivity contribution < 1.29 is 31.1 Å². The van der Waals surface area contributed by atoms with Crippen molar-refractivity contribution in [1.29, 1.82) is 0 Å². The molecule has 0 saturated carbocycles. The summed E-state index contributed by atoms with van der Waals surface area (Å²) < 4.78 is 0. The molecule has 0 spiro atoms. The van der Waals surface area contributed by atoms with Crippen LogP contribution in [0.15, 0.2) is 59.4 Å². The summed E-state index contributed by atoms with van der Waals surface area (Å²) in [5.74, 6) is 0. The molecule has 1 aliphatic carbocycles. The monoisotopic (exact) mass is 324 g/mol. The van der Waals surface area contributed by atoms with Crippen LogP contribution in [0.3, 0.4) is 0 Å². The van der Waals surface area contributed by atoms with Crippen molar-refractivity contribution in [2.24, 2.45) is 0 Å². The van der Waals surface area contributed by atoms with Crippen molar-refractivity contribution >= 4 is 18.7 Å². The topological polar surface area (TPSA) is 0 Å². The van der Waals surface area contributed by atoms with E-state index in [4.69, 9.17) is 0 Å². The Kier molecular flexibility index (Phi) is 8.27. The number of halogens is 2. The molecule has 2 aromatic carbocycles. The van der Waals surface area contributed by atoms with E-state index in [1.165, 1.54) is 16.9 Å². The van der Waals surface area contributed by atoms with Crippen molar-refractivity contribution in [3.8, 4) is 0 Å². The van der Waals surface area contributed by atoms with Gasteiger partial charge in [-0.2, -0.15) is 34.5 Å². The molecule has 0 nitrogen and oxygen atoms in total. The molecule has 1 heterocycles. The molecule has 2 aromatic rings. The second-order valence-corrected chi connectivity index (χ2v) is 6.63. The van der Waals surface area contributed by atoms with E-state index in [1.54, 1.807) is 10.9 Å². The van der Waals surface area contributed by atoms with Gasteiger partial charge in [-0.1, -0.05) is 12.2 Å². The molecule has 0 amide bonds. The first-order chi connectivity index (χ1) is 8.34. The van der Waals surface area contributed by atoms with E-state index < -0.39 is 0 Å². The second-order valence-electron chi connectivity index (χ2n) is 4.47.